The molecule has 9 heteroatoms. The first-order chi connectivity index (χ1) is 16.8. The zero-order chi connectivity index (χ0) is 24.6. The fraction of sp³-hybridized carbons (Fsp3) is 0.308. The van der Waals surface area contributed by atoms with Crippen LogP contribution >= 0.6 is 39.1 Å². The lowest BCUT2D eigenvalue weighted by molar-refractivity contribution is -0.154. The number of carbonyl (C=O) groups is 4. The molecule has 3 fully saturated rings. The van der Waals surface area contributed by atoms with E-state index in [0.29, 0.717) is 17.4 Å². The van der Waals surface area contributed by atoms with Crippen molar-refractivity contribution in [2.45, 2.75) is 6.42 Å². The third-order valence-corrected chi connectivity index (χ3v) is 9.01. The predicted octanol–water partition coefficient (Wildman–Crippen LogP) is 5.05. The van der Waals surface area contributed by atoms with Gasteiger partial charge in [-0.1, -0.05) is 63.4 Å². The van der Waals surface area contributed by atoms with Gasteiger partial charge in [0.2, 0.25) is 0 Å². The highest BCUT2D eigenvalue weighted by Crippen LogP contribution is 2.65. The molecule has 3 amide bonds. The second-order valence-electron chi connectivity index (χ2n) is 9.56. The van der Waals surface area contributed by atoms with Crippen molar-refractivity contribution in [2.75, 3.05) is 6.54 Å². The maximum absolute atomic E-state index is 13.7. The fourth-order valence-corrected chi connectivity index (χ4v) is 6.62. The number of Topliss-reactive ketones (excluding diaryl/α,β-unsaturated/α-hetero) is 1. The summed E-state index contributed by atoms with van der Waals surface area (Å²) < 4.78 is 0.799. The quantitative estimate of drug-likeness (QED) is 0.285. The number of hydrazine groups is 1. The number of amides is 3. The lowest BCUT2D eigenvalue weighted by Crippen LogP contribution is -2.52. The van der Waals surface area contributed by atoms with Gasteiger partial charge in [-0.3, -0.25) is 19.2 Å². The third kappa shape index (κ3) is 3.59. The lowest BCUT2D eigenvalue weighted by Gasteiger charge is -2.37. The molecule has 1 saturated heterocycles. The summed E-state index contributed by atoms with van der Waals surface area (Å²) in [5.74, 6) is -2.03. The number of imide groups is 1. The van der Waals surface area contributed by atoms with E-state index in [1.54, 1.807) is 24.3 Å². The number of halogens is 3. The molecule has 6 atom stereocenters. The molecule has 5 aliphatic rings. The molecule has 1 aliphatic heterocycles. The van der Waals surface area contributed by atoms with Gasteiger partial charge in [0.25, 0.3) is 17.7 Å². The Balaban J connectivity index is 1.37. The van der Waals surface area contributed by atoms with Gasteiger partial charge in [-0.25, -0.2) is 5.01 Å². The van der Waals surface area contributed by atoms with E-state index in [1.807, 2.05) is 0 Å². The van der Waals surface area contributed by atoms with Crippen molar-refractivity contribution in [3.63, 3.8) is 0 Å². The largest absolute Gasteiger partial charge is 0.292 e. The topological polar surface area (TPSA) is 74.8 Å². The number of allylic oxidation sites excluding steroid dienone is 2. The number of hydrogen-bond acceptors (Lipinski definition) is 4. The van der Waals surface area contributed by atoms with Crippen LogP contribution in [0.2, 0.25) is 10.0 Å². The van der Waals surface area contributed by atoms with Crippen LogP contribution in [-0.2, 0) is 9.59 Å². The molecule has 4 aliphatic carbocycles. The summed E-state index contributed by atoms with van der Waals surface area (Å²) in [5.41, 5.74) is 0.488. The van der Waals surface area contributed by atoms with Crippen molar-refractivity contribution in [2.24, 2.45) is 35.5 Å². The van der Waals surface area contributed by atoms with E-state index >= 15 is 0 Å². The molecule has 2 aromatic rings. The molecule has 2 saturated carbocycles. The van der Waals surface area contributed by atoms with Crippen LogP contribution in [0.25, 0.3) is 0 Å². The minimum absolute atomic E-state index is 0.000512. The van der Waals surface area contributed by atoms with E-state index in [9.17, 15) is 19.2 Å². The summed E-state index contributed by atoms with van der Waals surface area (Å²) in [6.45, 7) is -0.465. The summed E-state index contributed by atoms with van der Waals surface area (Å²) >= 11 is 15.5. The van der Waals surface area contributed by atoms with Gasteiger partial charge < -0.3 is 0 Å². The normalized spacial score (nSPS) is 29.7. The summed E-state index contributed by atoms with van der Waals surface area (Å²) in [5, 5.41) is 2.33. The number of benzene rings is 2. The average Bonchev–Trinajstić information content (AvgIpc) is 3.63. The second-order valence-corrected chi connectivity index (χ2v) is 11.3. The Hall–Kier alpha value is -2.48. The highest BCUT2D eigenvalue weighted by molar-refractivity contribution is 9.10. The van der Waals surface area contributed by atoms with Gasteiger partial charge in [0, 0.05) is 15.6 Å². The molecule has 0 aromatic heterocycles. The molecule has 0 radical (unpaired) electrons. The Morgan fingerprint density at radius 3 is 2.03 bits per heavy atom. The van der Waals surface area contributed by atoms with Crippen LogP contribution in [0.4, 0.5) is 0 Å². The van der Waals surface area contributed by atoms with E-state index in [-0.39, 0.29) is 27.4 Å². The molecule has 7 rings (SSSR count). The zero-order valence-corrected chi connectivity index (χ0v) is 21.3. The average molecular weight is 574 g/mol. The van der Waals surface area contributed by atoms with Crippen LogP contribution < -0.4 is 0 Å². The van der Waals surface area contributed by atoms with Crippen molar-refractivity contribution >= 4 is 62.6 Å². The van der Waals surface area contributed by atoms with Crippen LogP contribution in [0.3, 0.4) is 0 Å². The number of carbonyl (C=O) groups excluding carboxylic acids is 4. The van der Waals surface area contributed by atoms with Crippen LogP contribution in [0.1, 0.15) is 27.1 Å². The van der Waals surface area contributed by atoms with Crippen molar-refractivity contribution in [3.8, 4) is 0 Å². The van der Waals surface area contributed by atoms with Gasteiger partial charge in [0.1, 0.15) is 6.54 Å². The van der Waals surface area contributed by atoms with Crippen molar-refractivity contribution in [1.29, 1.82) is 0 Å². The maximum atomic E-state index is 13.7. The fourth-order valence-electron chi connectivity index (χ4n) is 6.05. The van der Waals surface area contributed by atoms with Crippen LogP contribution in [0.15, 0.2) is 59.1 Å². The van der Waals surface area contributed by atoms with E-state index < -0.39 is 41.9 Å². The Bertz CT molecular complexity index is 1290. The molecule has 35 heavy (non-hydrogen) atoms. The Morgan fingerprint density at radius 1 is 0.886 bits per heavy atom. The Morgan fingerprint density at radius 2 is 1.46 bits per heavy atom. The lowest BCUT2D eigenvalue weighted by atomic mass is 9.63. The van der Waals surface area contributed by atoms with E-state index in [4.69, 9.17) is 23.2 Å². The van der Waals surface area contributed by atoms with Crippen LogP contribution in [0.5, 0.6) is 0 Å². The molecule has 6 nitrogen and oxygen atoms in total. The van der Waals surface area contributed by atoms with Crippen molar-refractivity contribution in [1.82, 2.24) is 10.0 Å². The highest BCUT2D eigenvalue weighted by atomic mass is 79.9. The summed E-state index contributed by atoms with van der Waals surface area (Å²) in [4.78, 5) is 54.2. The zero-order valence-electron chi connectivity index (χ0n) is 18.2. The number of hydrogen-bond donors (Lipinski definition) is 0. The molecule has 0 spiro atoms. The van der Waals surface area contributed by atoms with Crippen molar-refractivity contribution in [3.05, 3.63) is 80.3 Å². The molecular formula is C26H19BrCl2N2O4. The van der Waals surface area contributed by atoms with E-state index in [1.165, 1.54) is 18.2 Å². The molecule has 1 heterocycles. The van der Waals surface area contributed by atoms with Gasteiger partial charge in [-0.05, 0) is 60.4 Å². The minimum Gasteiger partial charge on any atom is -0.292 e. The molecular weight excluding hydrogens is 555 g/mol. The smallest absolute Gasteiger partial charge is 0.273 e. The Labute approximate surface area is 219 Å². The summed E-state index contributed by atoms with van der Waals surface area (Å²) in [7, 11) is 0. The monoisotopic (exact) mass is 572 g/mol. The van der Waals surface area contributed by atoms with Crippen LogP contribution in [0, 0.1) is 35.5 Å². The summed E-state index contributed by atoms with van der Waals surface area (Å²) in [6, 6.07) is 11.0. The van der Waals surface area contributed by atoms with Crippen molar-refractivity contribution < 1.29 is 19.2 Å². The van der Waals surface area contributed by atoms with Gasteiger partial charge in [0.05, 0.1) is 21.9 Å². The predicted molar refractivity (Wildman–Crippen MR) is 133 cm³/mol. The van der Waals surface area contributed by atoms with Gasteiger partial charge in [-0.2, -0.15) is 5.01 Å². The molecule has 6 unspecified atom stereocenters. The third-order valence-electron chi connectivity index (χ3n) is 7.74. The molecule has 2 bridgehead atoms. The first kappa shape index (κ1) is 23.0. The van der Waals surface area contributed by atoms with Gasteiger partial charge in [-0.15, -0.1) is 0 Å². The SMILES string of the molecule is O=C(CN(C(=O)c1ccc(Cl)c(Cl)c1)N1C(=O)C2C3C=CC(C4CC34)C2C1=O)c1ccc(Br)cc1. The first-order valence-electron chi connectivity index (χ1n) is 11.4. The standard InChI is InChI=1S/C26H19BrCl2N2O4/c27-14-4-1-12(2-5-14)21(32)11-30(24(33)13-3-8-19(28)20(29)9-13)31-25(34)22-15-6-7-16(18-10-17(15)18)23(22)26(31)35/h1-9,15-18,22-23H,10-11H2. The second kappa shape index (κ2) is 8.29. The molecule has 2 aromatic carbocycles. The molecule has 178 valence electrons. The minimum atomic E-state index is -0.667. The highest BCUT2D eigenvalue weighted by Gasteiger charge is 2.68. The number of rotatable bonds is 5. The number of ketones is 1. The Kier molecular flexibility index (Phi) is 5.43. The number of nitrogens with zero attached hydrogens (tertiary/aromatic N) is 2. The summed E-state index contributed by atoms with van der Waals surface area (Å²) in [6.07, 6.45) is 5.16. The maximum Gasteiger partial charge on any atom is 0.273 e. The van der Waals surface area contributed by atoms with E-state index in [2.05, 4.69) is 28.1 Å². The van der Waals surface area contributed by atoms with Crippen LogP contribution in [-0.4, -0.2) is 40.1 Å². The van der Waals surface area contributed by atoms with Gasteiger partial charge in [0.15, 0.2) is 5.78 Å². The first-order valence-corrected chi connectivity index (χ1v) is 12.9. The molecule has 0 N–H and O–H groups in total. The van der Waals surface area contributed by atoms with Gasteiger partial charge >= 0.3 is 0 Å². The van der Waals surface area contributed by atoms with E-state index in [0.717, 1.165) is 20.9 Å².